The molecule has 1 aliphatic rings. The number of β-amino-alcohol motifs (C(OH)–C–C–N with tert-alkyl or cyclic N) is 1. The van der Waals surface area contributed by atoms with Gasteiger partial charge in [0.1, 0.15) is 0 Å². The van der Waals surface area contributed by atoms with Crippen molar-refractivity contribution in [3.05, 3.63) is 0 Å². The molecule has 0 aromatic carbocycles. The molecule has 10 heavy (non-hydrogen) atoms. The minimum absolute atomic E-state index is 0.0219. The Balaban J connectivity index is 2.58. The molecule has 0 bridgehead atoms. The molecule has 0 aromatic rings. The number of hydrogen-bond acceptors (Lipinski definition) is 4. The molecule has 0 saturated carbocycles. The van der Waals surface area contributed by atoms with Gasteiger partial charge in [0, 0.05) is 0 Å². The van der Waals surface area contributed by atoms with Gasteiger partial charge in [0.15, 0.2) is 0 Å². The maximum Gasteiger partial charge on any atom is 0.356 e. The van der Waals surface area contributed by atoms with Crippen molar-refractivity contribution in [2.24, 2.45) is 10.3 Å². The molecule has 0 atom stereocenters. The monoisotopic (exact) mass is 143 g/mol. The lowest BCUT2D eigenvalue weighted by molar-refractivity contribution is -0.141. The molecule has 1 N–H and O–H groups in total. The zero-order valence-corrected chi connectivity index (χ0v) is 5.02. The van der Waals surface area contributed by atoms with E-state index in [1.165, 1.54) is 0 Å². The lowest BCUT2D eigenvalue weighted by atomic mass is 10.5. The number of carbonyl (C=O) groups excluding carboxylic acids is 2. The van der Waals surface area contributed by atoms with Gasteiger partial charge in [0.25, 0.3) is 0 Å². The average Bonchev–Trinajstić information content (AvgIpc) is 2.20. The van der Waals surface area contributed by atoms with E-state index < -0.39 is 11.8 Å². The first-order chi connectivity index (χ1) is 4.75. The first-order valence-corrected chi connectivity index (χ1v) is 2.64. The molecule has 0 spiro atoms. The second kappa shape index (κ2) is 2.53. The number of hydrogen-bond donors (Lipinski definition) is 1. The smallest absolute Gasteiger partial charge is 0.356 e. The molecule has 0 aliphatic carbocycles. The van der Waals surface area contributed by atoms with Crippen molar-refractivity contribution >= 4 is 11.8 Å². The highest BCUT2D eigenvalue weighted by Crippen LogP contribution is 2.01. The molecular formula is C4H5N3O3. The quantitative estimate of drug-likeness (QED) is 0.488. The highest BCUT2D eigenvalue weighted by molar-refractivity contribution is 6.36. The molecule has 0 saturated heterocycles. The van der Waals surface area contributed by atoms with Gasteiger partial charge in [-0.25, -0.2) is 5.01 Å². The van der Waals surface area contributed by atoms with Crippen LogP contribution in [0.2, 0.25) is 0 Å². The first kappa shape index (κ1) is 6.81. The highest BCUT2D eigenvalue weighted by Gasteiger charge is 2.26. The molecule has 54 valence electrons. The van der Waals surface area contributed by atoms with Crippen molar-refractivity contribution in [2.75, 3.05) is 13.2 Å². The number of amides is 2. The summed E-state index contributed by atoms with van der Waals surface area (Å²) in [5.41, 5.74) is 0. The Morgan fingerprint density at radius 2 is 2.20 bits per heavy atom. The Hall–Kier alpha value is -1.30. The minimum Gasteiger partial charge on any atom is -0.394 e. The molecule has 0 radical (unpaired) electrons. The van der Waals surface area contributed by atoms with Crippen LogP contribution in [0.25, 0.3) is 0 Å². The van der Waals surface area contributed by atoms with Crippen LogP contribution in [0.1, 0.15) is 0 Å². The second-order valence-electron chi connectivity index (χ2n) is 1.65. The number of aliphatic hydroxyl groups is 1. The zero-order valence-electron chi connectivity index (χ0n) is 5.02. The Kier molecular flexibility index (Phi) is 1.72. The molecule has 1 aliphatic heterocycles. The summed E-state index contributed by atoms with van der Waals surface area (Å²) in [5.74, 6) is -1.66. The summed E-state index contributed by atoms with van der Waals surface area (Å²) >= 11 is 0. The van der Waals surface area contributed by atoms with Gasteiger partial charge in [-0.3, -0.25) is 9.59 Å². The standard InChI is InChI=1S/C4H5N3O3/c8-2-1-7-4(10)3(9)5-6-7/h8H,1-2H2. The van der Waals surface area contributed by atoms with Crippen molar-refractivity contribution in [2.45, 2.75) is 0 Å². The third kappa shape index (κ3) is 1.01. The maximum atomic E-state index is 10.6. The molecule has 0 aromatic heterocycles. The summed E-state index contributed by atoms with van der Waals surface area (Å²) in [4.78, 5) is 20.9. The summed E-state index contributed by atoms with van der Waals surface area (Å²) < 4.78 is 0. The van der Waals surface area contributed by atoms with Crippen LogP contribution in [0.5, 0.6) is 0 Å². The van der Waals surface area contributed by atoms with Gasteiger partial charge < -0.3 is 5.11 Å². The predicted molar refractivity (Wildman–Crippen MR) is 28.7 cm³/mol. The average molecular weight is 143 g/mol. The van der Waals surface area contributed by atoms with Crippen molar-refractivity contribution in [3.63, 3.8) is 0 Å². The van der Waals surface area contributed by atoms with Gasteiger partial charge in [-0.05, 0) is 0 Å². The van der Waals surface area contributed by atoms with Gasteiger partial charge in [0.05, 0.1) is 13.2 Å². The maximum absolute atomic E-state index is 10.6. The van der Waals surface area contributed by atoms with Crippen molar-refractivity contribution in [3.8, 4) is 0 Å². The molecule has 0 fully saturated rings. The van der Waals surface area contributed by atoms with Crippen molar-refractivity contribution < 1.29 is 14.7 Å². The van der Waals surface area contributed by atoms with Crippen LogP contribution in [0.3, 0.4) is 0 Å². The van der Waals surface area contributed by atoms with Crippen molar-refractivity contribution in [1.82, 2.24) is 5.01 Å². The summed E-state index contributed by atoms with van der Waals surface area (Å²) in [6.45, 7) is -0.202. The van der Waals surface area contributed by atoms with Crippen LogP contribution >= 0.6 is 0 Å². The largest absolute Gasteiger partial charge is 0.394 e. The molecule has 1 rings (SSSR count). The topological polar surface area (TPSA) is 82.3 Å². The van der Waals surface area contributed by atoms with E-state index in [0.717, 1.165) is 5.01 Å². The van der Waals surface area contributed by atoms with E-state index in [-0.39, 0.29) is 13.2 Å². The van der Waals surface area contributed by atoms with E-state index in [1.807, 2.05) is 0 Å². The van der Waals surface area contributed by atoms with Gasteiger partial charge >= 0.3 is 11.8 Å². The molecule has 6 heteroatoms. The Morgan fingerprint density at radius 1 is 1.50 bits per heavy atom. The summed E-state index contributed by atoms with van der Waals surface area (Å²) in [5, 5.41) is 15.3. The fraction of sp³-hybridized carbons (Fsp3) is 0.500. The van der Waals surface area contributed by atoms with Gasteiger partial charge in [0.2, 0.25) is 0 Å². The normalized spacial score (nSPS) is 17.1. The van der Waals surface area contributed by atoms with Gasteiger partial charge in [-0.15, -0.1) is 0 Å². The third-order valence-corrected chi connectivity index (χ3v) is 0.973. The van der Waals surface area contributed by atoms with Crippen LogP contribution in [0.15, 0.2) is 10.3 Å². The molecular weight excluding hydrogens is 138 g/mol. The van der Waals surface area contributed by atoms with E-state index in [4.69, 9.17) is 5.11 Å². The van der Waals surface area contributed by atoms with Gasteiger partial charge in [-0.2, -0.15) is 0 Å². The molecule has 6 nitrogen and oxygen atoms in total. The second-order valence-corrected chi connectivity index (χ2v) is 1.65. The number of nitrogens with zero attached hydrogens (tertiary/aromatic N) is 3. The molecule has 2 amide bonds. The van der Waals surface area contributed by atoms with Crippen LogP contribution in [-0.2, 0) is 9.59 Å². The van der Waals surface area contributed by atoms with Gasteiger partial charge in [-0.1, -0.05) is 10.3 Å². The fourth-order valence-electron chi connectivity index (χ4n) is 0.529. The Morgan fingerprint density at radius 3 is 2.60 bits per heavy atom. The number of carbonyl (C=O) groups is 2. The van der Waals surface area contributed by atoms with E-state index >= 15 is 0 Å². The SMILES string of the molecule is O=C1N=NN(CCO)C1=O. The first-order valence-electron chi connectivity index (χ1n) is 2.64. The number of rotatable bonds is 2. The molecule has 0 unspecified atom stereocenters. The summed E-state index contributed by atoms with van der Waals surface area (Å²) in [7, 11) is 0. The van der Waals surface area contributed by atoms with Crippen LogP contribution in [0, 0.1) is 0 Å². The van der Waals surface area contributed by atoms with Crippen LogP contribution in [-0.4, -0.2) is 35.1 Å². The molecule has 1 heterocycles. The highest BCUT2D eigenvalue weighted by atomic mass is 16.3. The summed E-state index contributed by atoms with van der Waals surface area (Å²) in [6.07, 6.45) is 0. The minimum atomic E-state index is -0.881. The van der Waals surface area contributed by atoms with E-state index in [0.29, 0.717) is 0 Å². The van der Waals surface area contributed by atoms with Crippen LogP contribution < -0.4 is 0 Å². The number of aliphatic hydroxyl groups excluding tert-OH is 1. The predicted octanol–water partition coefficient (Wildman–Crippen LogP) is -1.29. The van der Waals surface area contributed by atoms with E-state index in [1.54, 1.807) is 0 Å². The lowest BCUT2D eigenvalue weighted by Crippen LogP contribution is -2.28. The summed E-state index contributed by atoms with van der Waals surface area (Å²) in [6, 6.07) is 0. The fourth-order valence-corrected chi connectivity index (χ4v) is 0.529. The third-order valence-electron chi connectivity index (χ3n) is 0.973. The zero-order chi connectivity index (χ0) is 7.56. The Bertz CT molecular complexity index is 200. The lowest BCUT2D eigenvalue weighted by Gasteiger charge is -2.03. The van der Waals surface area contributed by atoms with Crippen molar-refractivity contribution in [1.29, 1.82) is 0 Å². The van der Waals surface area contributed by atoms with E-state index in [2.05, 4.69) is 10.3 Å². The Labute approximate surface area is 56.1 Å². The van der Waals surface area contributed by atoms with Crippen LogP contribution in [0.4, 0.5) is 0 Å². The van der Waals surface area contributed by atoms with E-state index in [9.17, 15) is 9.59 Å².